The number of rotatable bonds is 4. The van der Waals surface area contributed by atoms with Gasteiger partial charge in [0.05, 0.1) is 31.9 Å². The Morgan fingerprint density at radius 3 is 2.29 bits per heavy atom. The summed E-state index contributed by atoms with van der Waals surface area (Å²) in [4.78, 5) is 33.6. The van der Waals surface area contributed by atoms with E-state index in [1.165, 1.54) is 6.07 Å². The highest BCUT2D eigenvalue weighted by Crippen LogP contribution is 2.49. The van der Waals surface area contributed by atoms with Gasteiger partial charge in [0.25, 0.3) is 5.91 Å². The number of carbonyl (C=O) groups is 2. The average molecular weight is 516 g/mol. The van der Waals surface area contributed by atoms with Crippen LogP contribution in [-0.4, -0.2) is 68.6 Å². The molecule has 0 spiro atoms. The van der Waals surface area contributed by atoms with Gasteiger partial charge in [0.2, 0.25) is 5.91 Å². The third-order valence-electron chi connectivity index (χ3n) is 8.08. The first-order valence-electron chi connectivity index (χ1n) is 12.9. The molecule has 8 heteroatoms. The van der Waals surface area contributed by atoms with Crippen molar-refractivity contribution in [2.75, 3.05) is 51.8 Å². The van der Waals surface area contributed by atoms with Crippen LogP contribution in [-0.2, 0) is 11.2 Å². The number of benzene rings is 3. The summed E-state index contributed by atoms with van der Waals surface area (Å²) in [6.07, 6.45) is 0.669. The first kappa shape index (κ1) is 24.3. The number of ether oxygens (including phenoxy) is 2. The number of nitrogens with zero attached hydrogens (tertiary/aromatic N) is 3. The highest BCUT2D eigenvalue weighted by atomic mass is 19.1. The Morgan fingerprint density at radius 2 is 1.55 bits per heavy atom. The molecule has 0 radical (unpaired) electrons. The zero-order valence-electron chi connectivity index (χ0n) is 21.5. The molecule has 0 aliphatic carbocycles. The van der Waals surface area contributed by atoms with Crippen LogP contribution in [0.15, 0.2) is 60.7 Å². The molecule has 38 heavy (non-hydrogen) atoms. The molecule has 0 aromatic heterocycles. The summed E-state index contributed by atoms with van der Waals surface area (Å²) in [5, 5.41) is 0. The van der Waals surface area contributed by atoms with Crippen molar-refractivity contribution < 1.29 is 23.5 Å². The van der Waals surface area contributed by atoms with Gasteiger partial charge in [0, 0.05) is 38.3 Å². The van der Waals surface area contributed by atoms with Gasteiger partial charge in [-0.1, -0.05) is 30.3 Å². The summed E-state index contributed by atoms with van der Waals surface area (Å²) in [6, 6.07) is 17.6. The quantitative estimate of drug-likeness (QED) is 0.525. The smallest absolute Gasteiger partial charge is 0.254 e. The number of hydrogen-bond donors (Lipinski definition) is 0. The Balaban J connectivity index is 1.37. The summed E-state index contributed by atoms with van der Waals surface area (Å²) in [5.74, 6) is 0.320. The fourth-order valence-corrected chi connectivity index (χ4v) is 6.19. The van der Waals surface area contributed by atoms with Crippen molar-refractivity contribution >= 4 is 17.5 Å². The first-order chi connectivity index (χ1) is 18.5. The Labute approximate surface area is 221 Å². The van der Waals surface area contributed by atoms with Crippen LogP contribution in [0.2, 0.25) is 0 Å². The zero-order valence-corrected chi connectivity index (χ0v) is 21.5. The lowest BCUT2D eigenvalue weighted by atomic mass is 9.75. The van der Waals surface area contributed by atoms with Crippen LogP contribution in [0.4, 0.5) is 10.1 Å². The Morgan fingerprint density at radius 1 is 0.868 bits per heavy atom. The summed E-state index contributed by atoms with van der Waals surface area (Å²) in [5.41, 5.74) is 3.86. The topological polar surface area (TPSA) is 62.3 Å². The third-order valence-corrected chi connectivity index (χ3v) is 8.08. The van der Waals surface area contributed by atoms with Crippen molar-refractivity contribution in [3.8, 4) is 11.5 Å². The fraction of sp³-hybridized carbons (Fsp3) is 0.333. The first-order valence-corrected chi connectivity index (χ1v) is 12.9. The van der Waals surface area contributed by atoms with E-state index in [1.807, 2.05) is 57.2 Å². The van der Waals surface area contributed by atoms with Crippen molar-refractivity contribution in [2.24, 2.45) is 0 Å². The van der Waals surface area contributed by atoms with Gasteiger partial charge in [-0.05, 0) is 53.4 Å². The molecule has 0 saturated carbocycles. The molecule has 0 bridgehead atoms. The van der Waals surface area contributed by atoms with Crippen LogP contribution in [0.1, 0.15) is 39.0 Å². The maximum atomic E-state index is 14.4. The van der Waals surface area contributed by atoms with Gasteiger partial charge in [-0.3, -0.25) is 9.59 Å². The maximum absolute atomic E-state index is 14.4. The second-order valence-corrected chi connectivity index (χ2v) is 9.93. The van der Waals surface area contributed by atoms with E-state index in [4.69, 9.17) is 9.47 Å². The molecule has 0 N–H and O–H groups in total. The molecule has 0 unspecified atom stereocenters. The molecule has 6 rings (SSSR count). The molecular weight excluding hydrogens is 485 g/mol. The number of fused-ring (bicyclic) bond motifs is 4. The lowest BCUT2D eigenvalue weighted by Gasteiger charge is -2.47. The Kier molecular flexibility index (Phi) is 6.18. The number of amides is 2. The molecular formula is C30H30FN3O4. The second kappa shape index (κ2) is 9.67. The average Bonchev–Trinajstić information content (AvgIpc) is 2.96. The van der Waals surface area contributed by atoms with E-state index in [-0.39, 0.29) is 17.6 Å². The van der Waals surface area contributed by atoms with E-state index < -0.39 is 12.0 Å². The van der Waals surface area contributed by atoms with Crippen LogP contribution in [0.25, 0.3) is 0 Å². The van der Waals surface area contributed by atoms with Crippen LogP contribution >= 0.6 is 0 Å². The zero-order chi connectivity index (χ0) is 26.4. The minimum Gasteiger partial charge on any atom is -0.493 e. The second-order valence-electron chi connectivity index (χ2n) is 9.93. The normalized spacial score (nSPS) is 20.4. The van der Waals surface area contributed by atoms with Gasteiger partial charge in [-0.15, -0.1) is 0 Å². The predicted octanol–water partition coefficient (Wildman–Crippen LogP) is 4.03. The summed E-state index contributed by atoms with van der Waals surface area (Å²) in [7, 11) is 3.19. The van der Waals surface area contributed by atoms with Gasteiger partial charge in [-0.2, -0.15) is 0 Å². The molecule has 3 aromatic carbocycles. The molecule has 3 heterocycles. The van der Waals surface area contributed by atoms with E-state index in [0.717, 1.165) is 16.7 Å². The number of anilines is 1. The summed E-state index contributed by atoms with van der Waals surface area (Å²) >= 11 is 0. The fourth-order valence-electron chi connectivity index (χ4n) is 6.19. The molecule has 3 aliphatic rings. The van der Waals surface area contributed by atoms with Gasteiger partial charge >= 0.3 is 0 Å². The van der Waals surface area contributed by atoms with Crippen molar-refractivity contribution in [1.29, 1.82) is 0 Å². The minimum absolute atomic E-state index is 0.0178. The third kappa shape index (κ3) is 3.86. The SMILES string of the molecule is COc1cc2c(cc1OC)[C@@H]1[C@@H](C(=O)N3CCN(c4ccccc4F)CC3)c3ccccc3C(=O)N1CC2. The Bertz CT molecular complexity index is 1400. The van der Waals surface area contributed by atoms with Crippen LogP contribution in [0, 0.1) is 5.82 Å². The van der Waals surface area contributed by atoms with Gasteiger partial charge in [0.1, 0.15) is 5.82 Å². The molecule has 196 valence electrons. The van der Waals surface area contributed by atoms with Crippen LogP contribution in [0.5, 0.6) is 11.5 Å². The number of methoxy groups -OCH3 is 2. The van der Waals surface area contributed by atoms with Crippen LogP contribution < -0.4 is 14.4 Å². The van der Waals surface area contributed by atoms with E-state index >= 15 is 0 Å². The van der Waals surface area contributed by atoms with Crippen molar-refractivity contribution in [3.05, 3.63) is 88.7 Å². The van der Waals surface area contributed by atoms with Crippen molar-refractivity contribution in [3.63, 3.8) is 0 Å². The van der Waals surface area contributed by atoms with Gasteiger partial charge in [-0.25, -0.2) is 4.39 Å². The lowest BCUT2D eigenvalue weighted by molar-refractivity contribution is -0.135. The lowest BCUT2D eigenvalue weighted by Crippen LogP contribution is -2.54. The predicted molar refractivity (Wildman–Crippen MR) is 141 cm³/mol. The molecule has 3 aliphatic heterocycles. The monoisotopic (exact) mass is 515 g/mol. The molecule has 7 nitrogen and oxygen atoms in total. The van der Waals surface area contributed by atoms with E-state index in [1.54, 1.807) is 26.4 Å². The molecule has 3 aromatic rings. The largest absolute Gasteiger partial charge is 0.493 e. The van der Waals surface area contributed by atoms with Gasteiger partial charge < -0.3 is 24.2 Å². The molecule has 2 atom stereocenters. The minimum atomic E-state index is -0.555. The summed E-state index contributed by atoms with van der Waals surface area (Å²) in [6.45, 7) is 2.55. The van der Waals surface area contributed by atoms with E-state index in [9.17, 15) is 14.0 Å². The van der Waals surface area contributed by atoms with Crippen LogP contribution in [0.3, 0.4) is 0 Å². The molecule has 1 saturated heterocycles. The van der Waals surface area contributed by atoms with Crippen molar-refractivity contribution in [1.82, 2.24) is 9.80 Å². The van der Waals surface area contributed by atoms with E-state index in [0.29, 0.717) is 61.9 Å². The Hall–Kier alpha value is -4.07. The van der Waals surface area contributed by atoms with Gasteiger partial charge in [0.15, 0.2) is 11.5 Å². The van der Waals surface area contributed by atoms with E-state index in [2.05, 4.69) is 0 Å². The molecule has 2 amide bonds. The number of piperazine rings is 1. The standard InChI is InChI=1S/C30H30FN3O4/c1-37-25-17-19-11-12-34-28(22(19)18-26(25)38-2)27(20-7-3-4-8-21(20)29(34)35)30(36)33-15-13-32(14-16-33)24-10-6-5-9-23(24)31/h3-10,17-18,27-28H,11-16H2,1-2H3/t27-,28+/m0/s1. The molecule has 1 fully saturated rings. The number of carbonyl (C=O) groups excluding carboxylic acids is 2. The number of hydrogen-bond acceptors (Lipinski definition) is 5. The maximum Gasteiger partial charge on any atom is 0.254 e. The highest BCUT2D eigenvalue weighted by Gasteiger charge is 2.48. The van der Waals surface area contributed by atoms with Crippen molar-refractivity contribution in [2.45, 2.75) is 18.4 Å². The summed E-state index contributed by atoms with van der Waals surface area (Å²) < 4.78 is 25.5. The number of halogens is 1. The highest BCUT2D eigenvalue weighted by molar-refractivity contribution is 6.01. The number of para-hydroxylation sites is 1.